The first-order valence-corrected chi connectivity index (χ1v) is 27.2. The second-order valence-corrected chi connectivity index (χ2v) is 18.1. The Morgan fingerprint density at radius 1 is 0.355 bits per heavy atom. The summed E-state index contributed by atoms with van der Waals surface area (Å²) < 4.78 is 17.4. The number of carbonyl (C=O) groups is 2. The summed E-state index contributed by atoms with van der Waals surface area (Å²) in [5, 5.41) is 0. The lowest BCUT2D eigenvalue weighted by atomic mass is 10.1. The fourth-order valence-corrected chi connectivity index (χ4v) is 7.75. The maximum atomic E-state index is 12.7. The number of unbranched alkanes of at least 4 members (excludes halogenated alkanes) is 31. The zero-order valence-electron chi connectivity index (χ0n) is 41.6. The van der Waals surface area contributed by atoms with E-state index in [1.165, 1.54) is 193 Å². The average Bonchev–Trinajstić information content (AvgIpc) is 3.27. The van der Waals surface area contributed by atoms with E-state index in [0.29, 0.717) is 19.4 Å². The van der Waals surface area contributed by atoms with Crippen LogP contribution in [0, 0.1) is 0 Å². The summed E-state index contributed by atoms with van der Waals surface area (Å²) in [4.78, 5) is 25.3. The number of esters is 2. The average molecular weight is 869 g/mol. The Labute approximate surface area is 386 Å². The van der Waals surface area contributed by atoms with Crippen LogP contribution in [0.5, 0.6) is 0 Å². The number of rotatable bonds is 50. The molecule has 362 valence electrons. The highest BCUT2D eigenvalue weighted by molar-refractivity contribution is 5.70. The van der Waals surface area contributed by atoms with Crippen LogP contribution in [-0.2, 0) is 23.8 Å². The summed E-state index contributed by atoms with van der Waals surface area (Å²) in [7, 11) is 0. The van der Waals surface area contributed by atoms with Crippen molar-refractivity contribution in [3.63, 3.8) is 0 Å². The Morgan fingerprint density at radius 3 is 1.13 bits per heavy atom. The van der Waals surface area contributed by atoms with E-state index >= 15 is 0 Å². The lowest BCUT2D eigenvalue weighted by Crippen LogP contribution is -2.30. The number of allylic oxidation sites excluding steroid dienone is 8. The van der Waals surface area contributed by atoms with Gasteiger partial charge in [-0.25, -0.2) is 0 Å². The SMILES string of the molecule is CCCCC/C=C\C/C=C\C/C=C\CCCCCCCCCOCC(COC(=O)CCCCCCCCCCC/C=C\CCCCCCCC)OC(=O)CCCCCCCCC. The van der Waals surface area contributed by atoms with Gasteiger partial charge < -0.3 is 14.2 Å². The highest BCUT2D eigenvalue weighted by Crippen LogP contribution is 2.15. The zero-order chi connectivity index (χ0) is 44.9. The molecule has 0 N–H and O–H groups in total. The van der Waals surface area contributed by atoms with Gasteiger partial charge in [-0.1, -0.05) is 230 Å². The van der Waals surface area contributed by atoms with Crippen molar-refractivity contribution in [3.8, 4) is 0 Å². The van der Waals surface area contributed by atoms with Crippen molar-refractivity contribution < 1.29 is 23.8 Å². The minimum Gasteiger partial charge on any atom is -0.462 e. The summed E-state index contributed by atoms with van der Waals surface area (Å²) in [6.07, 6.45) is 65.7. The number of hydrogen-bond acceptors (Lipinski definition) is 5. The molecule has 1 unspecified atom stereocenters. The summed E-state index contributed by atoms with van der Waals surface area (Å²) in [6, 6.07) is 0. The zero-order valence-corrected chi connectivity index (χ0v) is 41.6. The molecular formula is C57H104O5. The topological polar surface area (TPSA) is 61.8 Å². The minimum atomic E-state index is -0.538. The van der Waals surface area contributed by atoms with Crippen molar-refractivity contribution in [2.45, 2.75) is 284 Å². The maximum absolute atomic E-state index is 12.7. The van der Waals surface area contributed by atoms with Crippen LogP contribution in [0.1, 0.15) is 278 Å². The second-order valence-electron chi connectivity index (χ2n) is 18.1. The van der Waals surface area contributed by atoms with Gasteiger partial charge in [0.2, 0.25) is 0 Å². The van der Waals surface area contributed by atoms with E-state index in [1.54, 1.807) is 0 Å². The van der Waals surface area contributed by atoms with Crippen LogP contribution in [0.2, 0.25) is 0 Å². The number of hydrogen-bond donors (Lipinski definition) is 0. The van der Waals surface area contributed by atoms with E-state index in [1.807, 2.05) is 0 Å². The normalized spacial score (nSPS) is 12.5. The Morgan fingerprint density at radius 2 is 0.677 bits per heavy atom. The standard InChI is InChI=1S/C57H104O5/c1-4-7-10-13-16-18-20-22-24-26-28-30-32-34-36-38-40-43-46-49-52-60-53-55(62-57(59)51-48-45-41-15-12-9-6-3)54-61-56(58)50-47-44-42-39-37-35-33-31-29-27-25-23-21-19-17-14-11-8-5-2/h16,18,22-25,28,30,55H,4-15,17,19-21,26-27,29,31-54H2,1-3H3/b18-16-,24-22-,25-23-,30-28-. The third-order valence-electron chi connectivity index (χ3n) is 11.8. The molecular weight excluding hydrogens is 765 g/mol. The van der Waals surface area contributed by atoms with Gasteiger partial charge in [0.1, 0.15) is 6.61 Å². The third kappa shape index (κ3) is 50.5. The molecule has 1 atom stereocenters. The van der Waals surface area contributed by atoms with E-state index in [4.69, 9.17) is 14.2 Å². The first-order chi connectivity index (χ1) is 30.6. The molecule has 0 radical (unpaired) electrons. The van der Waals surface area contributed by atoms with Gasteiger partial charge in [0.05, 0.1) is 6.61 Å². The first kappa shape index (κ1) is 59.9. The van der Waals surface area contributed by atoms with Crippen molar-refractivity contribution in [2.24, 2.45) is 0 Å². The Hall–Kier alpha value is -2.14. The second kappa shape index (κ2) is 53.2. The molecule has 0 aliphatic heterocycles. The summed E-state index contributed by atoms with van der Waals surface area (Å²) in [6.45, 7) is 7.77. The number of carbonyl (C=O) groups excluding carboxylic acids is 2. The van der Waals surface area contributed by atoms with Crippen LogP contribution < -0.4 is 0 Å². The van der Waals surface area contributed by atoms with Gasteiger partial charge >= 0.3 is 11.9 Å². The Kier molecular flexibility index (Phi) is 51.4. The molecule has 62 heavy (non-hydrogen) atoms. The molecule has 5 heteroatoms. The van der Waals surface area contributed by atoms with Crippen LogP contribution in [-0.4, -0.2) is 37.9 Å². The molecule has 0 aromatic heterocycles. The first-order valence-electron chi connectivity index (χ1n) is 27.2. The molecule has 0 aromatic rings. The van der Waals surface area contributed by atoms with Crippen LogP contribution in [0.3, 0.4) is 0 Å². The van der Waals surface area contributed by atoms with Gasteiger partial charge in [0, 0.05) is 19.4 Å². The molecule has 0 aromatic carbocycles. The van der Waals surface area contributed by atoms with Gasteiger partial charge in [-0.3, -0.25) is 9.59 Å². The van der Waals surface area contributed by atoms with Crippen LogP contribution >= 0.6 is 0 Å². The third-order valence-corrected chi connectivity index (χ3v) is 11.8. The van der Waals surface area contributed by atoms with E-state index in [-0.39, 0.29) is 25.2 Å². The summed E-state index contributed by atoms with van der Waals surface area (Å²) >= 11 is 0. The van der Waals surface area contributed by atoms with Crippen molar-refractivity contribution in [1.29, 1.82) is 0 Å². The summed E-state index contributed by atoms with van der Waals surface area (Å²) in [5.41, 5.74) is 0. The lowest BCUT2D eigenvalue weighted by Gasteiger charge is -2.18. The molecule has 0 rings (SSSR count). The highest BCUT2D eigenvalue weighted by atomic mass is 16.6. The molecule has 0 heterocycles. The quantitative estimate of drug-likeness (QED) is 0.0346. The van der Waals surface area contributed by atoms with Crippen molar-refractivity contribution >= 4 is 11.9 Å². The van der Waals surface area contributed by atoms with Crippen molar-refractivity contribution in [2.75, 3.05) is 19.8 Å². The molecule has 0 saturated carbocycles. The minimum absolute atomic E-state index is 0.0826. The van der Waals surface area contributed by atoms with Crippen molar-refractivity contribution in [1.82, 2.24) is 0 Å². The highest BCUT2D eigenvalue weighted by Gasteiger charge is 2.17. The fourth-order valence-electron chi connectivity index (χ4n) is 7.75. The molecule has 0 fully saturated rings. The van der Waals surface area contributed by atoms with Gasteiger partial charge in [0.25, 0.3) is 0 Å². The van der Waals surface area contributed by atoms with Gasteiger partial charge in [-0.05, 0) is 83.5 Å². The Balaban J connectivity index is 4.09. The van der Waals surface area contributed by atoms with Gasteiger partial charge in [-0.15, -0.1) is 0 Å². The maximum Gasteiger partial charge on any atom is 0.306 e. The van der Waals surface area contributed by atoms with Crippen LogP contribution in [0.25, 0.3) is 0 Å². The molecule has 0 spiro atoms. The van der Waals surface area contributed by atoms with E-state index < -0.39 is 6.10 Å². The monoisotopic (exact) mass is 869 g/mol. The smallest absolute Gasteiger partial charge is 0.306 e. The molecule has 0 bridgehead atoms. The van der Waals surface area contributed by atoms with E-state index in [2.05, 4.69) is 69.4 Å². The predicted molar refractivity (Wildman–Crippen MR) is 270 cm³/mol. The molecule has 0 amide bonds. The lowest BCUT2D eigenvalue weighted by molar-refractivity contribution is -0.163. The fraction of sp³-hybridized carbons (Fsp3) is 0.825. The van der Waals surface area contributed by atoms with Gasteiger partial charge in [-0.2, -0.15) is 0 Å². The summed E-state index contributed by atoms with van der Waals surface area (Å²) in [5.74, 6) is -0.401. The molecule has 5 nitrogen and oxygen atoms in total. The van der Waals surface area contributed by atoms with Crippen molar-refractivity contribution in [3.05, 3.63) is 48.6 Å². The largest absolute Gasteiger partial charge is 0.462 e. The molecule has 0 saturated heterocycles. The van der Waals surface area contributed by atoms with Gasteiger partial charge in [0.15, 0.2) is 6.10 Å². The van der Waals surface area contributed by atoms with E-state index in [9.17, 15) is 9.59 Å². The Bertz CT molecular complexity index is 1030. The van der Waals surface area contributed by atoms with Crippen LogP contribution in [0.4, 0.5) is 0 Å². The predicted octanol–water partition coefficient (Wildman–Crippen LogP) is 18.3. The number of ether oxygens (including phenoxy) is 3. The molecule has 0 aliphatic rings. The molecule has 0 aliphatic carbocycles. The van der Waals surface area contributed by atoms with Crippen LogP contribution in [0.15, 0.2) is 48.6 Å². The van der Waals surface area contributed by atoms with E-state index in [0.717, 1.165) is 51.4 Å².